The minimum Gasteiger partial charge on any atom is -0.396 e. The number of nitrogen functional groups attached to an aromatic ring is 1. The summed E-state index contributed by atoms with van der Waals surface area (Å²) in [6.45, 7) is 1.68. The van der Waals surface area contributed by atoms with Crippen LogP contribution in [0.5, 0.6) is 0 Å². The van der Waals surface area contributed by atoms with Gasteiger partial charge in [-0.1, -0.05) is 0 Å². The summed E-state index contributed by atoms with van der Waals surface area (Å²) < 4.78 is 0. The van der Waals surface area contributed by atoms with Gasteiger partial charge in [-0.15, -0.1) is 0 Å². The summed E-state index contributed by atoms with van der Waals surface area (Å²) in [4.78, 5) is 22.1. The molecule has 1 atom stereocenters. The number of nitrogens with two attached hydrogens (primary N) is 2. The predicted molar refractivity (Wildman–Crippen MR) is 53.7 cm³/mol. The van der Waals surface area contributed by atoms with Gasteiger partial charge in [0.05, 0.1) is 11.9 Å². The van der Waals surface area contributed by atoms with E-state index in [2.05, 4.69) is 15.5 Å². The van der Waals surface area contributed by atoms with E-state index in [0.717, 1.165) is 0 Å². The summed E-state index contributed by atoms with van der Waals surface area (Å²) in [7, 11) is 0. The number of aromatic amines is 1. The van der Waals surface area contributed by atoms with Gasteiger partial charge in [-0.2, -0.15) is 5.10 Å². The SMILES string of the molecule is CC(CC(N)=O)NC(=O)c1[nH]ncc1N. The van der Waals surface area contributed by atoms with Crippen molar-refractivity contribution in [1.82, 2.24) is 15.5 Å². The van der Waals surface area contributed by atoms with Crippen LogP contribution in [0.25, 0.3) is 0 Å². The number of H-pyrrole nitrogens is 1. The van der Waals surface area contributed by atoms with E-state index in [9.17, 15) is 9.59 Å². The van der Waals surface area contributed by atoms with Crippen LogP contribution < -0.4 is 16.8 Å². The summed E-state index contributed by atoms with van der Waals surface area (Å²) >= 11 is 0. The van der Waals surface area contributed by atoms with E-state index in [4.69, 9.17) is 11.5 Å². The Bertz CT molecular complexity index is 373. The average molecular weight is 211 g/mol. The van der Waals surface area contributed by atoms with Crippen LogP contribution in [0.3, 0.4) is 0 Å². The molecule has 6 N–H and O–H groups in total. The van der Waals surface area contributed by atoms with Crippen LogP contribution in [0.2, 0.25) is 0 Å². The average Bonchev–Trinajstić information content (AvgIpc) is 2.49. The highest BCUT2D eigenvalue weighted by atomic mass is 16.2. The van der Waals surface area contributed by atoms with Crippen LogP contribution in [0.15, 0.2) is 6.20 Å². The molecule has 1 aromatic heterocycles. The van der Waals surface area contributed by atoms with Crippen LogP contribution >= 0.6 is 0 Å². The molecule has 1 heterocycles. The molecule has 0 aliphatic carbocycles. The molecule has 0 fully saturated rings. The number of nitrogens with one attached hydrogen (secondary N) is 2. The van der Waals surface area contributed by atoms with E-state index in [1.807, 2.05) is 0 Å². The summed E-state index contributed by atoms with van der Waals surface area (Å²) in [5, 5.41) is 8.63. The van der Waals surface area contributed by atoms with Crippen molar-refractivity contribution < 1.29 is 9.59 Å². The van der Waals surface area contributed by atoms with E-state index in [-0.39, 0.29) is 23.8 Å². The molecule has 0 saturated heterocycles. The van der Waals surface area contributed by atoms with Gasteiger partial charge in [-0.05, 0) is 6.92 Å². The molecule has 0 bridgehead atoms. The normalized spacial score (nSPS) is 12.1. The zero-order valence-corrected chi connectivity index (χ0v) is 8.28. The minimum atomic E-state index is -0.472. The summed E-state index contributed by atoms with van der Waals surface area (Å²) in [6, 6.07) is -0.335. The van der Waals surface area contributed by atoms with E-state index in [1.54, 1.807) is 6.92 Å². The number of aromatic nitrogens is 2. The maximum Gasteiger partial charge on any atom is 0.271 e. The van der Waals surface area contributed by atoms with Gasteiger partial charge in [0.1, 0.15) is 5.69 Å². The van der Waals surface area contributed by atoms with Crippen LogP contribution in [0.4, 0.5) is 5.69 Å². The molecule has 0 aliphatic rings. The number of hydrogen-bond acceptors (Lipinski definition) is 4. The van der Waals surface area contributed by atoms with Crippen LogP contribution in [0.1, 0.15) is 23.8 Å². The Hall–Kier alpha value is -2.05. The molecule has 2 amide bonds. The van der Waals surface area contributed by atoms with E-state index >= 15 is 0 Å². The van der Waals surface area contributed by atoms with Gasteiger partial charge in [-0.25, -0.2) is 0 Å². The number of carbonyl (C=O) groups excluding carboxylic acids is 2. The molecule has 1 aromatic rings. The molecule has 0 aromatic carbocycles. The Balaban J connectivity index is 2.56. The van der Waals surface area contributed by atoms with Gasteiger partial charge in [0, 0.05) is 12.5 Å². The van der Waals surface area contributed by atoms with Crippen molar-refractivity contribution >= 4 is 17.5 Å². The number of rotatable bonds is 4. The molecule has 15 heavy (non-hydrogen) atoms. The summed E-state index contributed by atoms with van der Waals surface area (Å²) in [6.07, 6.45) is 1.42. The first kappa shape index (κ1) is 11.0. The number of primary amides is 1. The third-order valence-electron chi connectivity index (χ3n) is 1.78. The maximum absolute atomic E-state index is 11.5. The standard InChI is InChI=1S/C8H13N5O2/c1-4(2-6(10)14)12-8(15)7-5(9)3-11-13-7/h3-4H,2,9H2,1H3,(H2,10,14)(H,11,13)(H,12,15). The molecule has 7 heteroatoms. The lowest BCUT2D eigenvalue weighted by Crippen LogP contribution is -2.36. The second-order valence-electron chi connectivity index (χ2n) is 3.25. The van der Waals surface area contributed by atoms with Crippen molar-refractivity contribution in [2.75, 3.05) is 5.73 Å². The first-order valence-electron chi connectivity index (χ1n) is 4.38. The number of hydrogen-bond donors (Lipinski definition) is 4. The van der Waals surface area contributed by atoms with Crippen LogP contribution in [-0.4, -0.2) is 28.1 Å². The van der Waals surface area contributed by atoms with Crippen molar-refractivity contribution in [3.05, 3.63) is 11.9 Å². The van der Waals surface area contributed by atoms with Crippen LogP contribution in [0, 0.1) is 0 Å². The second-order valence-corrected chi connectivity index (χ2v) is 3.25. The predicted octanol–water partition coefficient (Wildman–Crippen LogP) is -1.01. The second kappa shape index (κ2) is 4.45. The largest absolute Gasteiger partial charge is 0.396 e. The molecule has 7 nitrogen and oxygen atoms in total. The van der Waals surface area contributed by atoms with Crippen molar-refractivity contribution in [3.63, 3.8) is 0 Å². The molecule has 0 radical (unpaired) electrons. The Morgan fingerprint density at radius 2 is 2.33 bits per heavy atom. The Labute approximate surface area is 86.2 Å². The maximum atomic E-state index is 11.5. The number of amides is 2. The molecule has 0 spiro atoms. The monoisotopic (exact) mass is 211 g/mol. The lowest BCUT2D eigenvalue weighted by atomic mass is 10.2. The fourth-order valence-electron chi connectivity index (χ4n) is 1.13. The van der Waals surface area contributed by atoms with Crippen molar-refractivity contribution in [1.29, 1.82) is 0 Å². The van der Waals surface area contributed by atoms with Gasteiger partial charge in [0.15, 0.2) is 0 Å². The van der Waals surface area contributed by atoms with Gasteiger partial charge in [0.2, 0.25) is 5.91 Å². The van der Waals surface area contributed by atoms with Crippen molar-refractivity contribution in [2.45, 2.75) is 19.4 Å². The van der Waals surface area contributed by atoms with Crippen molar-refractivity contribution in [3.8, 4) is 0 Å². The lowest BCUT2D eigenvalue weighted by Gasteiger charge is -2.10. The van der Waals surface area contributed by atoms with Gasteiger partial charge in [-0.3, -0.25) is 14.7 Å². The fraction of sp³-hybridized carbons (Fsp3) is 0.375. The molecule has 0 saturated carbocycles. The van der Waals surface area contributed by atoms with Gasteiger partial charge >= 0.3 is 0 Å². The smallest absolute Gasteiger partial charge is 0.271 e. The zero-order valence-electron chi connectivity index (χ0n) is 8.28. The molecular weight excluding hydrogens is 198 g/mol. The summed E-state index contributed by atoms with van der Waals surface area (Å²) in [5.74, 6) is -0.876. The van der Waals surface area contributed by atoms with Gasteiger partial charge < -0.3 is 16.8 Å². The van der Waals surface area contributed by atoms with E-state index < -0.39 is 11.8 Å². The molecule has 82 valence electrons. The van der Waals surface area contributed by atoms with Gasteiger partial charge in [0.25, 0.3) is 5.91 Å². The number of nitrogens with zero attached hydrogens (tertiary/aromatic N) is 1. The lowest BCUT2D eigenvalue weighted by molar-refractivity contribution is -0.118. The topological polar surface area (TPSA) is 127 Å². The van der Waals surface area contributed by atoms with Crippen LogP contribution in [-0.2, 0) is 4.79 Å². The van der Waals surface area contributed by atoms with E-state index in [1.165, 1.54) is 6.20 Å². The number of carbonyl (C=O) groups is 2. The summed E-state index contributed by atoms with van der Waals surface area (Å²) in [5.41, 5.74) is 10.9. The Kier molecular flexibility index (Phi) is 3.27. The first-order valence-corrected chi connectivity index (χ1v) is 4.38. The van der Waals surface area contributed by atoms with Crippen molar-refractivity contribution in [2.24, 2.45) is 5.73 Å². The zero-order chi connectivity index (χ0) is 11.4. The molecule has 1 rings (SSSR count). The Morgan fingerprint density at radius 3 is 2.80 bits per heavy atom. The number of anilines is 1. The third-order valence-corrected chi connectivity index (χ3v) is 1.78. The Morgan fingerprint density at radius 1 is 1.67 bits per heavy atom. The minimum absolute atomic E-state index is 0.0831. The molecule has 0 aliphatic heterocycles. The highest BCUT2D eigenvalue weighted by molar-refractivity contribution is 5.97. The molecule has 1 unspecified atom stereocenters. The third kappa shape index (κ3) is 2.97. The van der Waals surface area contributed by atoms with E-state index in [0.29, 0.717) is 0 Å². The highest BCUT2D eigenvalue weighted by Gasteiger charge is 2.15. The first-order chi connectivity index (χ1) is 7.00. The highest BCUT2D eigenvalue weighted by Crippen LogP contribution is 2.05. The quantitative estimate of drug-likeness (QED) is 0.508. The molecular formula is C8H13N5O2. The fourth-order valence-corrected chi connectivity index (χ4v) is 1.13.